The fourth-order valence-electron chi connectivity index (χ4n) is 0.0873. The van der Waals surface area contributed by atoms with Crippen LogP contribution in [0.4, 0.5) is 4.79 Å². The predicted molar refractivity (Wildman–Crippen MR) is 20.2 cm³/mol. The van der Waals surface area contributed by atoms with Crippen LogP contribution in [0.1, 0.15) is 0 Å². The average molecular weight is 90.1 g/mol. The molecule has 0 saturated carbocycles. The van der Waals surface area contributed by atoms with E-state index in [2.05, 4.69) is 0 Å². The monoisotopic (exact) mass is 90.0 g/mol. The Bertz CT molecular complexity index is 53.5. The van der Waals surface area contributed by atoms with Gasteiger partial charge < -0.3 is 16.2 Å². The van der Waals surface area contributed by atoms with Crippen LogP contribution in [0.5, 0.6) is 0 Å². The highest BCUT2D eigenvalue weighted by atomic mass is 16.4. The second kappa shape index (κ2) is 2.47. The summed E-state index contributed by atoms with van der Waals surface area (Å²) in [4.78, 5) is 9.41. The molecule has 0 aromatic rings. The lowest BCUT2D eigenvalue weighted by molar-refractivity contribution is 0.195. The predicted octanol–water partition coefficient (Wildman–Crippen LogP) is -0.830. The van der Waals surface area contributed by atoms with Crippen molar-refractivity contribution in [1.82, 2.24) is 5.32 Å². The number of nitrogens with two attached hydrogens (primary N) is 1. The Morgan fingerprint density at radius 1 is 2.00 bits per heavy atom. The maximum absolute atomic E-state index is 9.41. The minimum atomic E-state index is -1.09. The summed E-state index contributed by atoms with van der Waals surface area (Å²) in [6.07, 6.45) is -1.09. The van der Waals surface area contributed by atoms with E-state index in [0.717, 1.165) is 0 Å². The first kappa shape index (κ1) is 5.23. The molecule has 0 fully saturated rings. The Hall–Kier alpha value is -0.770. The van der Waals surface area contributed by atoms with Gasteiger partial charge in [-0.05, 0) is 0 Å². The number of carbonyl (C=O) groups is 1. The Morgan fingerprint density at radius 2 is 2.50 bits per heavy atom. The van der Waals surface area contributed by atoms with Crippen molar-refractivity contribution in [2.45, 2.75) is 0 Å². The zero-order valence-electron chi connectivity index (χ0n) is 3.14. The smallest absolute Gasteiger partial charge is 0.405 e. The van der Waals surface area contributed by atoms with Crippen LogP contribution in [0.25, 0.3) is 0 Å². The third-order valence-electron chi connectivity index (χ3n) is 0.253. The van der Waals surface area contributed by atoms with Crippen LogP contribution in [-0.2, 0) is 0 Å². The van der Waals surface area contributed by atoms with Gasteiger partial charge in [0.25, 0.3) is 0 Å². The van der Waals surface area contributed by atoms with Gasteiger partial charge >= 0.3 is 6.09 Å². The molecule has 0 aromatic carbocycles. The molecule has 0 saturated heterocycles. The first-order valence-corrected chi connectivity index (χ1v) is 1.44. The zero-order chi connectivity index (χ0) is 4.99. The SMILES string of the molecule is NCNC(=O)O. The Kier molecular flexibility index (Phi) is 2.15. The molecular weight excluding hydrogens is 84.0 g/mol. The second-order valence-electron chi connectivity index (χ2n) is 0.686. The molecule has 0 unspecified atom stereocenters. The van der Waals surface area contributed by atoms with Gasteiger partial charge in [0.05, 0.1) is 6.67 Å². The van der Waals surface area contributed by atoms with Crippen LogP contribution < -0.4 is 11.1 Å². The number of rotatable bonds is 1. The molecule has 4 heteroatoms. The zero-order valence-corrected chi connectivity index (χ0v) is 3.14. The highest BCUT2D eigenvalue weighted by Gasteiger charge is 1.83. The summed E-state index contributed by atoms with van der Waals surface area (Å²) in [7, 11) is 0. The third-order valence-corrected chi connectivity index (χ3v) is 0.253. The molecule has 0 rings (SSSR count). The number of amides is 1. The number of carboxylic acid groups (broad SMARTS) is 1. The Labute approximate surface area is 34.9 Å². The van der Waals surface area contributed by atoms with Crippen molar-refractivity contribution in [3.05, 3.63) is 0 Å². The van der Waals surface area contributed by atoms with Crippen molar-refractivity contribution < 1.29 is 9.90 Å². The molecule has 0 aliphatic rings. The van der Waals surface area contributed by atoms with Crippen molar-refractivity contribution in [3.63, 3.8) is 0 Å². The van der Waals surface area contributed by atoms with Gasteiger partial charge in [-0.25, -0.2) is 4.79 Å². The summed E-state index contributed by atoms with van der Waals surface area (Å²) < 4.78 is 0. The number of nitrogens with one attached hydrogen (secondary N) is 1. The van der Waals surface area contributed by atoms with Crippen LogP contribution in [0.3, 0.4) is 0 Å². The molecule has 0 heterocycles. The Morgan fingerprint density at radius 3 is 2.50 bits per heavy atom. The van der Waals surface area contributed by atoms with Crippen molar-refractivity contribution in [2.24, 2.45) is 5.73 Å². The first-order valence-electron chi connectivity index (χ1n) is 1.44. The molecule has 0 aliphatic carbocycles. The van der Waals surface area contributed by atoms with E-state index < -0.39 is 6.09 Å². The fraction of sp³-hybridized carbons (Fsp3) is 0.500. The molecular formula is C2H6N2O2. The molecule has 36 valence electrons. The van der Waals surface area contributed by atoms with Gasteiger partial charge in [-0.2, -0.15) is 0 Å². The molecule has 0 radical (unpaired) electrons. The molecule has 0 aromatic heterocycles. The van der Waals surface area contributed by atoms with Crippen LogP contribution in [0.2, 0.25) is 0 Å². The van der Waals surface area contributed by atoms with Crippen molar-refractivity contribution in [1.29, 1.82) is 0 Å². The van der Waals surface area contributed by atoms with Crippen molar-refractivity contribution in [3.8, 4) is 0 Å². The average Bonchev–Trinajstić information content (AvgIpc) is 1.35. The van der Waals surface area contributed by atoms with Crippen LogP contribution in [-0.4, -0.2) is 17.9 Å². The minimum absolute atomic E-state index is 0.0185. The van der Waals surface area contributed by atoms with Gasteiger partial charge in [-0.15, -0.1) is 0 Å². The van der Waals surface area contributed by atoms with E-state index in [1.165, 1.54) is 0 Å². The number of hydrogen-bond acceptors (Lipinski definition) is 2. The fourth-order valence-corrected chi connectivity index (χ4v) is 0.0873. The van der Waals surface area contributed by atoms with Gasteiger partial charge in [0.2, 0.25) is 0 Å². The van der Waals surface area contributed by atoms with Gasteiger partial charge in [0.1, 0.15) is 0 Å². The van der Waals surface area contributed by atoms with Gasteiger partial charge in [0.15, 0.2) is 0 Å². The topological polar surface area (TPSA) is 75.3 Å². The molecule has 0 bridgehead atoms. The van der Waals surface area contributed by atoms with Gasteiger partial charge in [0, 0.05) is 0 Å². The van der Waals surface area contributed by atoms with Crippen molar-refractivity contribution in [2.75, 3.05) is 6.67 Å². The lowest BCUT2D eigenvalue weighted by Crippen LogP contribution is -2.27. The molecule has 1 amide bonds. The summed E-state index contributed by atoms with van der Waals surface area (Å²) in [5.74, 6) is 0. The maximum atomic E-state index is 9.41. The first-order chi connectivity index (χ1) is 2.77. The standard InChI is InChI=1S/C2H6N2O2/c3-1-4-2(5)6/h4H,1,3H2,(H,5,6). The van der Waals surface area contributed by atoms with Gasteiger partial charge in [-0.1, -0.05) is 0 Å². The lowest BCUT2D eigenvalue weighted by atomic mass is 11.0. The van der Waals surface area contributed by atoms with E-state index in [0.29, 0.717) is 0 Å². The second-order valence-corrected chi connectivity index (χ2v) is 0.686. The lowest BCUT2D eigenvalue weighted by Gasteiger charge is -1.87. The molecule has 4 N–H and O–H groups in total. The summed E-state index contributed by atoms with van der Waals surface area (Å²) in [6, 6.07) is 0. The highest BCUT2D eigenvalue weighted by molar-refractivity contribution is 5.64. The molecule has 0 spiro atoms. The Balaban J connectivity index is 2.83. The normalized spacial score (nSPS) is 7.50. The third kappa shape index (κ3) is 3.23. The van der Waals surface area contributed by atoms with E-state index >= 15 is 0 Å². The van der Waals surface area contributed by atoms with E-state index in [-0.39, 0.29) is 6.67 Å². The quantitative estimate of drug-likeness (QED) is 0.368. The summed E-state index contributed by atoms with van der Waals surface area (Å²) in [5.41, 5.74) is 4.74. The van der Waals surface area contributed by atoms with E-state index in [1.54, 1.807) is 0 Å². The maximum Gasteiger partial charge on any atom is 0.405 e. The summed E-state index contributed by atoms with van der Waals surface area (Å²) in [5, 5.41) is 9.63. The molecule has 0 aliphatic heterocycles. The van der Waals surface area contributed by atoms with Crippen molar-refractivity contribution >= 4 is 6.09 Å². The van der Waals surface area contributed by atoms with E-state index in [1.807, 2.05) is 5.32 Å². The molecule has 6 heavy (non-hydrogen) atoms. The van der Waals surface area contributed by atoms with Crippen LogP contribution in [0.15, 0.2) is 0 Å². The number of hydrogen-bond donors (Lipinski definition) is 3. The summed E-state index contributed by atoms with van der Waals surface area (Å²) >= 11 is 0. The van der Waals surface area contributed by atoms with E-state index in [4.69, 9.17) is 10.8 Å². The van der Waals surface area contributed by atoms with Gasteiger partial charge in [-0.3, -0.25) is 0 Å². The largest absolute Gasteiger partial charge is 0.465 e. The molecule has 0 atom stereocenters. The highest BCUT2D eigenvalue weighted by Crippen LogP contribution is 1.49. The van der Waals surface area contributed by atoms with Crippen LogP contribution >= 0.6 is 0 Å². The van der Waals surface area contributed by atoms with E-state index in [9.17, 15) is 4.79 Å². The summed E-state index contributed by atoms with van der Waals surface area (Å²) in [6.45, 7) is -0.0185. The van der Waals surface area contributed by atoms with Crippen LogP contribution in [0, 0.1) is 0 Å². The molecule has 4 nitrogen and oxygen atoms in total. The minimum Gasteiger partial charge on any atom is -0.465 e.